The van der Waals surface area contributed by atoms with Gasteiger partial charge in [-0.2, -0.15) is 0 Å². The summed E-state index contributed by atoms with van der Waals surface area (Å²) in [4.78, 5) is 44.2. The summed E-state index contributed by atoms with van der Waals surface area (Å²) in [5, 5.41) is 20.6. The number of urea groups is 1. The highest BCUT2D eigenvalue weighted by Crippen LogP contribution is 2.39. The number of benzene rings is 1. The lowest BCUT2D eigenvalue weighted by molar-refractivity contribution is -0.133. The standard InChI is InChI=1S/C35H59N5O6S/c1-9-19-39(7)33(44)37-30(35(5,6)47(8,45)46)32(43)36-27(20-24-15-11-10-12-16-24)29(41)23-40-22-26-18-14-13-17-25(26)21-28(40)31(42)38-34(2,3)4/h10-12,15-16,25-30,41H,9,13-14,17-23H2,1-8H3,(H,36,43)(H,37,44)(H,38,42)/t25?,26?,27-,28-,29+,30+/m0/s1. The molecule has 1 heterocycles. The van der Waals surface area contributed by atoms with E-state index < -0.39 is 56.3 Å². The van der Waals surface area contributed by atoms with Crippen LogP contribution in [0.1, 0.15) is 85.6 Å². The van der Waals surface area contributed by atoms with Crippen molar-refractivity contribution in [1.29, 1.82) is 0 Å². The molecule has 4 amide bonds. The maximum Gasteiger partial charge on any atom is 0.317 e. The molecule has 0 bridgehead atoms. The average molecular weight is 678 g/mol. The Bertz CT molecular complexity index is 1320. The number of nitrogens with zero attached hydrogens (tertiary/aromatic N) is 2. The van der Waals surface area contributed by atoms with Gasteiger partial charge in [0.2, 0.25) is 11.8 Å². The third-order valence-electron chi connectivity index (χ3n) is 9.90. The first kappa shape index (κ1) is 38.7. The summed E-state index contributed by atoms with van der Waals surface area (Å²) >= 11 is 0. The number of hydrogen-bond donors (Lipinski definition) is 4. The molecule has 2 aliphatic rings. The molecule has 12 heteroatoms. The van der Waals surface area contributed by atoms with Gasteiger partial charge in [0, 0.05) is 38.5 Å². The molecule has 4 N–H and O–H groups in total. The smallest absolute Gasteiger partial charge is 0.317 e. The fourth-order valence-corrected chi connectivity index (χ4v) is 7.45. The molecule has 1 aromatic carbocycles. The van der Waals surface area contributed by atoms with E-state index in [0.29, 0.717) is 31.3 Å². The molecular weight excluding hydrogens is 618 g/mol. The summed E-state index contributed by atoms with van der Waals surface area (Å²) in [6.45, 7) is 11.9. The van der Waals surface area contributed by atoms with Crippen LogP contribution in [0, 0.1) is 11.8 Å². The van der Waals surface area contributed by atoms with Crippen molar-refractivity contribution in [3.8, 4) is 0 Å². The largest absolute Gasteiger partial charge is 0.390 e. The topological polar surface area (TPSA) is 148 Å². The van der Waals surface area contributed by atoms with Gasteiger partial charge in [0.25, 0.3) is 0 Å². The Morgan fingerprint density at radius 3 is 2.21 bits per heavy atom. The molecule has 1 aliphatic carbocycles. The zero-order chi connectivity index (χ0) is 35.2. The van der Waals surface area contributed by atoms with Gasteiger partial charge in [-0.1, -0.05) is 56.5 Å². The number of β-amino-alcohol motifs (C(OH)–C–C–N with tert-alkyl or cyclic N) is 1. The van der Waals surface area contributed by atoms with Crippen molar-refractivity contribution >= 4 is 27.7 Å². The third kappa shape index (κ3) is 10.6. The number of likely N-dealkylation sites (tertiary alicyclic amines) is 1. The highest BCUT2D eigenvalue weighted by Gasteiger charge is 2.46. The van der Waals surface area contributed by atoms with Crippen molar-refractivity contribution in [3.63, 3.8) is 0 Å². The van der Waals surface area contributed by atoms with Gasteiger partial charge in [0.15, 0.2) is 9.84 Å². The summed E-state index contributed by atoms with van der Waals surface area (Å²) in [5.41, 5.74) is 0.460. The van der Waals surface area contributed by atoms with Gasteiger partial charge in [-0.05, 0) is 77.7 Å². The summed E-state index contributed by atoms with van der Waals surface area (Å²) in [6, 6.07) is 6.20. The van der Waals surface area contributed by atoms with E-state index in [9.17, 15) is 27.9 Å². The van der Waals surface area contributed by atoms with Crippen LogP contribution in [0.25, 0.3) is 0 Å². The second kappa shape index (κ2) is 16.1. The van der Waals surface area contributed by atoms with Gasteiger partial charge in [0.05, 0.1) is 22.9 Å². The van der Waals surface area contributed by atoms with Gasteiger partial charge in [0.1, 0.15) is 6.04 Å². The first-order valence-electron chi connectivity index (χ1n) is 17.1. The van der Waals surface area contributed by atoms with E-state index in [1.807, 2.05) is 58.0 Å². The molecule has 0 aromatic heterocycles. The minimum atomic E-state index is -3.82. The predicted molar refractivity (Wildman–Crippen MR) is 186 cm³/mol. The Kier molecular flexibility index (Phi) is 13.3. The third-order valence-corrected chi connectivity index (χ3v) is 12.0. The van der Waals surface area contributed by atoms with E-state index >= 15 is 0 Å². The fourth-order valence-electron chi connectivity index (χ4n) is 6.85. The second-order valence-electron chi connectivity index (χ2n) is 15.3. The molecule has 266 valence electrons. The number of aliphatic hydroxyl groups excluding tert-OH is 1. The van der Waals surface area contributed by atoms with Crippen LogP contribution >= 0.6 is 0 Å². The molecule has 2 fully saturated rings. The lowest BCUT2D eigenvalue weighted by atomic mass is 9.72. The van der Waals surface area contributed by atoms with E-state index in [4.69, 9.17) is 0 Å². The lowest BCUT2D eigenvalue weighted by Crippen LogP contribution is -2.65. The van der Waals surface area contributed by atoms with E-state index in [1.54, 1.807) is 7.05 Å². The maximum atomic E-state index is 14.1. The Hall–Kier alpha value is -2.70. The quantitative estimate of drug-likeness (QED) is 0.251. The van der Waals surface area contributed by atoms with E-state index in [2.05, 4.69) is 20.9 Å². The highest BCUT2D eigenvalue weighted by molar-refractivity contribution is 7.92. The van der Waals surface area contributed by atoms with Crippen molar-refractivity contribution in [2.24, 2.45) is 11.8 Å². The van der Waals surface area contributed by atoms with Gasteiger partial charge in [-0.3, -0.25) is 14.5 Å². The molecule has 2 unspecified atom stereocenters. The number of amides is 4. The number of rotatable bonds is 13. The number of hydrogen-bond acceptors (Lipinski definition) is 7. The summed E-state index contributed by atoms with van der Waals surface area (Å²) in [5.74, 6) is 0.131. The number of piperidine rings is 1. The van der Waals surface area contributed by atoms with Gasteiger partial charge in [-0.25, -0.2) is 13.2 Å². The van der Waals surface area contributed by atoms with Crippen LogP contribution in [0.3, 0.4) is 0 Å². The normalized spacial score (nSPS) is 22.7. The Morgan fingerprint density at radius 2 is 1.64 bits per heavy atom. The van der Waals surface area contributed by atoms with Gasteiger partial charge >= 0.3 is 6.03 Å². The Balaban J connectivity index is 1.93. The maximum absolute atomic E-state index is 14.1. The van der Waals surface area contributed by atoms with Crippen molar-refractivity contribution in [3.05, 3.63) is 35.9 Å². The first-order chi connectivity index (χ1) is 21.8. The van der Waals surface area contributed by atoms with Crippen molar-refractivity contribution in [2.75, 3.05) is 32.9 Å². The SMILES string of the molecule is CCCN(C)C(=O)N[C@H](C(=O)N[C@@H](Cc1ccccc1)[C@H](O)CN1CC2CCCCC2C[C@H]1C(=O)NC(C)(C)C)C(C)(C)S(C)(=O)=O. The summed E-state index contributed by atoms with van der Waals surface area (Å²) in [7, 11) is -2.23. The van der Waals surface area contributed by atoms with Gasteiger partial charge < -0.3 is 26.0 Å². The van der Waals surface area contributed by atoms with Crippen LogP contribution in [-0.2, 0) is 25.8 Å². The number of carbonyl (C=O) groups is 3. The summed E-state index contributed by atoms with van der Waals surface area (Å²) in [6.07, 6.45) is 6.13. The Labute approximate surface area is 282 Å². The van der Waals surface area contributed by atoms with Crippen LogP contribution < -0.4 is 16.0 Å². The molecule has 0 radical (unpaired) electrons. The monoisotopic (exact) mass is 677 g/mol. The molecular formula is C35H59N5O6S. The number of nitrogens with one attached hydrogen (secondary N) is 3. The molecule has 1 aliphatic heterocycles. The minimum absolute atomic E-state index is 0.0637. The zero-order valence-electron chi connectivity index (χ0n) is 29.7. The van der Waals surface area contributed by atoms with Crippen LogP contribution in [0.4, 0.5) is 4.79 Å². The van der Waals surface area contributed by atoms with Crippen LogP contribution in [0.2, 0.25) is 0 Å². The number of fused-ring (bicyclic) bond motifs is 1. The molecule has 6 atom stereocenters. The van der Waals surface area contributed by atoms with E-state index in [0.717, 1.165) is 37.5 Å². The number of sulfone groups is 1. The zero-order valence-corrected chi connectivity index (χ0v) is 30.5. The molecule has 47 heavy (non-hydrogen) atoms. The number of aliphatic hydroxyl groups is 1. The number of carbonyl (C=O) groups excluding carboxylic acids is 3. The second-order valence-corrected chi connectivity index (χ2v) is 17.9. The fraction of sp³-hybridized carbons (Fsp3) is 0.743. The van der Waals surface area contributed by atoms with Crippen molar-refractivity contribution < 1.29 is 27.9 Å². The van der Waals surface area contributed by atoms with Crippen molar-refractivity contribution in [2.45, 2.75) is 121 Å². The minimum Gasteiger partial charge on any atom is -0.390 e. The highest BCUT2D eigenvalue weighted by atomic mass is 32.2. The molecule has 1 saturated carbocycles. The predicted octanol–water partition coefficient (Wildman–Crippen LogP) is 3.11. The summed E-state index contributed by atoms with van der Waals surface area (Å²) < 4.78 is 24.2. The average Bonchev–Trinajstić information content (AvgIpc) is 2.98. The van der Waals surface area contributed by atoms with E-state index in [1.165, 1.54) is 25.2 Å². The van der Waals surface area contributed by atoms with Gasteiger partial charge in [-0.15, -0.1) is 0 Å². The molecule has 11 nitrogen and oxygen atoms in total. The molecule has 0 spiro atoms. The van der Waals surface area contributed by atoms with Crippen LogP contribution in [-0.4, -0.2) is 109 Å². The van der Waals surface area contributed by atoms with Crippen LogP contribution in [0.5, 0.6) is 0 Å². The Morgan fingerprint density at radius 1 is 1.02 bits per heavy atom. The van der Waals surface area contributed by atoms with Crippen molar-refractivity contribution in [1.82, 2.24) is 25.8 Å². The van der Waals surface area contributed by atoms with E-state index in [-0.39, 0.29) is 18.9 Å². The lowest BCUT2D eigenvalue weighted by Gasteiger charge is -2.47. The molecule has 1 saturated heterocycles. The first-order valence-corrected chi connectivity index (χ1v) is 19.0. The molecule has 3 rings (SSSR count). The molecule has 1 aromatic rings. The van der Waals surface area contributed by atoms with Crippen LogP contribution in [0.15, 0.2) is 30.3 Å².